The zero-order valence-electron chi connectivity index (χ0n) is 9.01. The van der Waals surface area contributed by atoms with Gasteiger partial charge in [0.1, 0.15) is 0 Å². The molecule has 1 aromatic carbocycles. The molecular formula is C12H15ClINO. The third-order valence-electron chi connectivity index (χ3n) is 2.16. The topological polar surface area (TPSA) is 29.1 Å². The largest absolute Gasteiger partial charge is 0.356 e. The Morgan fingerprint density at radius 1 is 1.25 bits per heavy atom. The molecule has 0 aromatic heterocycles. The number of carbonyl (C=O) groups excluding carboxylic acids is 1. The number of alkyl halides is 1. The second-order valence-electron chi connectivity index (χ2n) is 3.55. The lowest BCUT2D eigenvalue weighted by atomic mass is 10.1. The molecule has 0 heterocycles. The Bertz CT molecular complexity index is 326. The van der Waals surface area contributed by atoms with E-state index in [9.17, 15) is 4.79 Å². The first-order valence-electron chi connectivity index (χ1n) is 5.29. The summed E-state index contributed by atoms with van der Waals surface area (Å²) in [6.45, 7) is 0.773. The van der Waals surface area contributed by atoms with Gasteiger partial charge in [-0.15, -0.1) is 0 Å². The van der Waals surface area contributed by atoms with Gasteiger partial charge in [0.05, 0.1) is 6.42 Å². The molecule has 0 unspecified atom stereocenters. The summed E-state index contributed by atoms with van der Waals surface area (Å²) in [7, 11) is 0. The number of halogens is 2. The highest BCUT2D eigenvalue weighted by atomic mass is 127. The Hall–Kier alpha value is -0.290. The van der Waals surface area contributed by atoms with E-state index in [0.717, 1.165) is 29.4 Å². The summed E-state index contributed by atoms with van der Waals surface area (Å²) in [5.74, 6) is 0.0794. The summed E-state index contributed by atoms with van der Waals surface area (Å²) in [6.07, 6.45) is 2.64. The monoisotopic (exact) mass is 351 g/mol. The summed E-state index contributed by atoms with van der Waals surface area (Å²) in [5.41, 5.74) is 0.996. The molecule has 1 rings (SSSR count). The Kier molecular flexibility index (Phi) is 6.80. The SMILES string of the molecule is O=C(Cc1ccc(Cl)cc1)NCCCCI. The van der Waals surface area contributed by atoms with Gasteiger partial charge in [0.2, 0.25) is 5.91 Å². The molecule has 0 spiro atoms. The minimum absolute atomic E-state index is 0.0794. The number of unbranched alkanes of at least 4 members (excludes halogenated alkanes) is 1. The van der Waals surface area contributed by atoms with Crippen molar-refractivity contribution in [2.24, 2.45) is 0 Å². The van der Waals surface area contributed by atoms with Gasteiger partial charge in [-0.3, -0.25) is 4.79 Å². The van der Waals surface area contributed by atoms with Gasteiger partial charge in [0, 0.05) is 11.6 Å². The highest BCUT2D eigenvalue weighted by Crippen LogP contribution is 2.09. The second-order valence-corrected chi connectivity index (χ2v) is 5.06. The average molecular weight is 352 g/mol. The molecule has 0 fully saturated rings. The van der Waals surface area contributed by atoms with Crippen LogP contribution in [0.4, 0.5) is 0 Å². The molecule has 0 bridgehead atoms. The molecule has 0 saturated heterocycles. The van der Waals surface area contributed by atoms with Crippen molar-refractivity contribution in [1.82, 2.24) is 5.32 Å². The van der Waals surface area contributed by atoms with Gasteiger partial charge in [-0.25, -0.2) is 0 Å². The molecule has 4 heteroatoms. The highest BCUT2D eigenvalue weighted by Gasteiger charge is 2.02. The number of amides is 1. The molecule has 88 valence electrons. The van der Waals surface area contributed by atoms with E-state index in [1.165, 1.54) is 0 Å². The molecule has 1 N–H and O–H groups in total. The summed E-state index contributed by atoms with van der Waals surface area (Å²) >= 11 is 8.11. The van der Waals surface area contributed by atoms with Crippen LogP contribution in [0.25, 0.3) is 0 Å². The summed E-state index contributed by atoms with van der Waals surface area (Å²) in [4.78, 5) is 11.5. The van der Waals surface area contributed by atoms with Crippen LogP contribution in [0.5, 0.6) is 0 Å². The third kappa shape index (κ3) is 5.70. The van der Waals surface area contributed by atoms with Crippen LogP contribution >= 0.6 is 34.2 Å². The van der Waals surface area contributed by atoms with Crippen LogP contribution < -0.4 is 5.32 Å². The van der Waals surface area contributed by atoms with E-state index in [1.807, 2.05) is 12.1 Å². The van der Waals surface area contributed by atoms with Crippen molar-refractivity contribution in [2.45, 2.75) is 19.3 Å². The van der Waals surface area contributed by atoms with Crippen LogP contribution in [0.2, 0.25) is 5.02 Å². The first-order chi connectivity index (χ1) is 7.72. The van der Waals surface area contributed by atoms with Crippen LogP contribution in [0, 0.1) is 0 Å². The maximum atomic E-state index is 11.5. The number of hydrogen-bond donors (Lipinski definition) is 1. The maximum Gasteiger partial charge on any atom is 0.224 e. The lowest BCUT2D eigenvalue weighted by Gasteiger charge is -2.04. The first kappa shape index (κ1) is 13.8. The van der Waals surface area contributed by atoms with Crippen LogP contribution in [0.1, 0.15) is 18.4 Å². The van der Waals surface area contributed by atoms with Crippen LogP contribution in [0.15, 0.2) is 24.3 Å². The lowest BCUT2D eigenvalue weighted by molar-refractivity contribution is -0.120. The van der Waals surface area contributed by atoms with E-state index in [4.69, 9.17) is 11.6 Å². The predicted molar refractivity (Wildman–Crippen MR) is 76.3 cm³/mol. The summed E-state index contributed by atoms with van der Waals surface area (Å²) in [5, 5.41) is 3.61. The molecule has 16 heavy (non-hydrogen) atoms. The molecule has 0 aliphatic carbocycles. The van der Waals surface area contributed by atoms with Crippen molar-refractivity contribution >= 4 is 40.1 Å². The molecule has 2 nitrogen and oxygen atoms in total. The number of benzene rings is 1. The maximum absolute atomic E-state index is 11.5. The summed E-state index contributed by atoms with van der Waals surface area (Å²) < 4.78 is 1.14. The third-order valence-corrected chi connectivity index (χ3v) is 3.18. The molecule has 0 aliphatic heterocycles. The second kappa shape index (κ2) is 7.90. The van der Waals surface area contributed by atoms with Crippen LogP contribution in [0.3, 0.4) is 0 Å². The minimum Gasteiger partial charge on any atom is -0.356 e. The van der Waals surface area contributed by atoms with E-state index in [0.29, 0.717) is 11.4 Å². The molecule has 1 amide bonds. The van der Waals surface area contributed by atoms with E-state index < -0.39 is 0 Å². The van der Waals surface area contributed by atoms with E-state index in [2.05, 4.69) is 27.9 Å². The molecule has 0 atom stereocenters. The smallest absolute Gasteiger partial charge is 0.224 e. The van der Waals surface area contributed by atoms with Crippen molar-refractivity contribution in [3.05, 3.63) is 34.9 Å². The van der Waals surface area contributed by atoms with E-state index >= 15 is 0 Å². The van der Waals surface area contributed by atoms with E-state index in [1.54, 1.807) is 12.1 Å². The number of hydrogen-bond acceptors (Lipinski definition) is 1. The van der Waals surface area contributed by atoms with Crippen molar-refractivity contribution in [3.63, 3.8) is 0 Å². The van der Waals surface area contributed by atoms with Gasteiger partial charge in [-0.1, -0.05) is 46.3 Å². The Labute approximate surface area is 115 Å². The number of nitrogens with one attached hydrogen (secondary N) is 1. The van der Waals surface area contributed by atoms with Gasteiger partial charge >= 0.3 is 0 Å². The number of carbonyl (C=O) groups is 1. The van der Waals surface area contributed by atoms with Crippen molar-refractivity contribution in [1.29, 1.82) is 0 Å². The Morgan fingerprint density at radius 3 is 2.56 bits per heavy atom. The van der Waals surface area contributed by atoms with Crippen molar-refractivity contribution < 1.29 is 4.79 Å². The predicted octanol–water partition coefficient (Wildman–Crippen LogP) is 3.21. The molecular weight excluding hydrogens is 336 g/mol. The van der Waals surface area contributed by atoms with E-state index in [-0.39, 0.29) is 5.91 Å². The van der Waals surface area contributed by atoms with Gasteiger partial charge in [-0.05, 0) is 35.0 Å². The molecule has 0 aliphatic rings. The zero-order valence-corrected chi connectivity index (χ0v) is 11.9. The molecule has 0 radical (unpaired) electrons. The summed E-state index contributed by atoms with van der Waals surface area (Å²) in [6, 6.07) is 7.37. The minimum atomic E-state index is 0.0794. The quantitative estimate of drug-likeness (QED) is 0.476. The highest BCUT2D eigenvalue weighted by molar-refractivity contribution is 14.1. The fourth-order valence-electron chi connectivity index (χ4n) is 1.30. The fraction of sp³-hybridized carbons (Fsp3) is 0.417. The zero-order chi connectivity index (χ0) is 11.8. The fourth-order valence-corrected chi connectivity index (χ4v) is 1.96. The Morgan fingerprint density at radius 2 is 1.94 bits per heavy atom. The average Bonchev–Trinajstić information content (AvgIpc) is 2.28. The van der Waals surface area contributed by atoms with Crippen LogP contribution in [-0.2, 0) is 11.2 Å². The molecule has 1 aromatic rings. The molecule has 0 saturated carbocycles. The van der Waals surface area contributed by atoms with Crippen molar-refractivity contribution in [2.75, 3.05) is 11.0 Å². The van der Waals surface area contributed by atoms with Gasteiger partial charge < -0.3 is 5.32 Å². The Balaban J connectivity index is 2.26. The van der Waals surface area contributed by atoms with Gasteiger partial charge in [0.25, 0.3) is 0 Å². The standard InChI is InChI=1S/C12H15ClINO/c13-11-5-3-10(4-6-11)9-12(16)15-8-2-1-7-14/h3-6H,1-2,7-9H2,(H,15,16). The van der Waals surface area contributed by atoms with Crippen molar-refractivity contribution in [3.8, 4) is 0 Å². The first-order valence-corrected chi connectivity index (χ1v) is 7.20. The normalized spacial score (nSPS) is 10.1. The van der Waals surface area contributed by atoms with Gasteiger partial charge in [-0.2, -0.15) is 0 Å². The van der Waals surface area contributed by atoms with Gasteiger partial charge in [0.15, 0.2) is 0 Å². The number of rotatable bonds is 6. The lowest BCUT2D eigenvalue weighted by Crippen LogP contribution is -2.26. The van der Waals surface area contributed by atoms with Crippen LogP contribution in [-0.4, -0.2) is 16.9 Å².